The van der Waals surface area contributed by atoms with Gasteiger partial charge < -0.3 is 19.3 Å². The van der Waals surface area contributed by atoms with Crippen molar-refractivity contribution < 1.29 is 37.3 Å². The molecule has 27 heavy (non-hydrogen) atoms. The lowest BCUT2D eigenvalue weighted by Gasteiger charge is -2.39. The van der Waals surface area contributed by atoms with Gasteiger partial charge in [-0.25, -0.2) is 13.1 Å². The molecule has 0 spiro atoms. The Morgan fingerprint density at radius 1 is 1.22 bits per heavy atom. The van der Waals surface area contributed by atoms with Gasteiger partial charge in [-0.3, -0.25) is 9.59 Å². The molecule has 0 saturated carbocycles. The number of ether oxygens (including phenoxy) is 3. The van der Waals surface area contributed by atoms with Crippen molar-refractivity contribution in [2.75, 3.05) is 6.61 Å². The maximum atomic E-state index is 12.7. The highest BCUT2D eigenvalue weighted by atomic mass is 32.2. The minimum Gasteiger partial charge on any atom is -0.463 e. The fourth-order valence-electron chi connectivity index (χ4n) is 2.73. The summed E-state index contributed by atoms with van der Waals surface area (Å²) in [6, 6.07) is 5.24. The van der Waals surface area contributed by atoms with E-state index in [4.69, 9.17) is 14.2 Å². The van der Waals surface area contributed by atoms with Gasteiger partial charge in [-0.05, 0) is 19.1 Å². The molecule has 0 radical (unpaired) electrons. The molecule has 1 saturated heterocycles. The first-order valence-electron chi connectivity index (χ1n) is 8.31. The summed E-state index contributed by atoms with van der Waals surface area (Å²) in [6.45, 7) is 3.89. The van der Waals surface area contributed by atoms with Crippen molar-refractivity contribution in [1.29, 1.82) is 0 Å². The molecule has 2 N–H and O–H groups in total. The number of hydrogen-bond acceptors (Lipinski definition) is 8. The van der Waals surface area contributed by atoms with E-state index >= 15 is 0 Å². The minimum atomic E-state index is -3.94. The average molecular weight is 401 g/mol. The van der Waals surface area contributed by atoms with Crippen LogP contribution in [0.2, 0.25) is 0 Å². The molecule has 0 amide bonds. The number of esters is 2. The lowest BCUT2D eigenvalue weighted by Crippen LogP contribution is -2.58. The van der Waals surface area contributed by atoms with Crippen molar-refractivity contribution >= 4 is 22.0 Å². The number of benzene rings is 1. The van der Waals surface area contributed by atoms with E-state index in [1.54, 1.807) is 12.1 Å². The molecule has 1 aromatic rings. The minimum absolute atomic E-state index is 0.0344. The fraction of sp³-hybridized carbons (Fsp3) is 0.529. The second-order valence-corrected chi connectivity index (χ2v) is 8.00. The summed E-state index contributed by atoms with van der Waals surface area (Å²) < 4.78 is 43.1. The van der Waals surface area contributed by atoms with Gasteiger partial charge in [-0.15, -0.1) is 0 Å². The molecule has 0 bridgehead atoms. The van der Waals surface area contributed by atoms with E-state index in [1.807, 2.05) is 6.92 Å². The van der Waals surface area contributed by atoms with Gasteiger partial charge in [0, 0.05) is 20.3 Å². The Morgan fingerprint density at radius 2 is 1.85 bits per heavy atom. The Kier molecular flexibility index (Phi) is 6.93. The van der Waals surface area contributed by atoms with Crippen molar-refractivity contribution in [1.82, 2.24) is 4.72 Å². The normalized spacial score (nSPS) is 25.6. The Balaban J connectivity index is 2.25. The molecule has 10 heteroatoms. The lowest BCUT2D eigenvalue weighted by molar-refractivity contribution is -0.227. The Hall–Kier alpha value is -2.01. The molecule has 1 aromatic carbocycles. The number of carbonyl (C=O) groups is 2. The van der Waals surface area contributed by atoms with Crippen LogP contribution < -0.4 is 4.72 Å². The van der Waals surface area contributed by atoms with Crippen LogP contribution in [0, 0.1) is 6.92 Å². The number of aryl methyl sites for hydroxylation is 1. The van der Waals surface area contributed by atoms with E-state index in [0.29, 0.717) is 0 Å². The molecule has 0 aliphatic carbocycles. The zero-order valence-electron chi connectivity index (χ0n) is 15.2. The molecule has 1 unspecified atom stereocenters. The van der Waals surface area contributed by atoms with E-state index in [9.17, 15) is 23.1 Å². The summed E-state index contributed by atoms with van der Waals surface area (Å²) in [6.07, 6.45) is -3.56. The van der Waals surface area contributed by atoms with E-state index in [-0.39, 0.29) is 17.9 Å². The summed E-state index contributed by atoms with van der Waals surface area (Å²) in [5.74, 6) is -1.25. The summed E-state index contributed by atoms with van der Waals surface area (Å²) in [4.78, 5) is 22.6. The predicted molar refractivity (Wildman–Crippen MR) is 93.0 cm³/mol. The molecule has 1 fully saturated rings. The third kappa shape index (κ3) is 5.99. The van der Waals surface area contributed by atoms with Gasteiger partial charge in [0.05, 0.1) is 10.9 Å². The summed E-state index contributed by atoms with van der Waals surface area (Å²) in [5, 5.41) is 9.93. The van der Waals surface area contributed by atoms with Crippen LogP contribution in [0.25, 0.3) is 0 Å². The number of aliphatic hydroxyl groups excluding tert-OH is 1. The number of carbonyl (C=O) groups excluding carboxylic acids is 2. The zero-order valence-corrected chi connectivity index (χ0v) is 16.1. The third-order valence-corrected chi connectivity index (χ3v) is 5.45. The first-order valence-corrected chi connectivity index (χ1v) is 9.80. The second-order valence-electron chi connectivity index (χ2n) is 6.28. The van der Waals surface area contributed by atoms with Gasteiger partial charge in [0.1, 0.15) is 18.8 Å². The van der Waals surface area contributed by atoms with Crippen LogP contribution in [0.15, 0.2) is 29.2 Å². The highest BCUT2D eigenvalue weighted by molar-refractivity contribution is 7.89. The smallest absolute Gasteiger partial charge is 0.303 e. The van der Waals surface area contributed by atoms with Crippen LogP contribution in [0.3, 0.4) is 0 Å². The molecule has 1 aliphatic rings. The van der Waals surface area contributed by atoms with Crippen LogP contribution in [-0.4, -0.2) is 56.6 Å². The third-order valence-electron chi connectivity index (χ3n) is 3.94. The molecule has 150 valence electrons. The van der Waals surface area contributed by atoms with Crippen molar-refractivity contribution in [2.45, 2.75) is 56.6 Å². The van der Waals surface area contributed by atoms with Crippen molar-refractivity contribution in [3.63, 3.8) is 0 Å². The second kappa shape index (κ2) is 8.79. The van der Waals surface area contributed by atoms with Crippen LogP contribution >= 0.6 is 0 Å². The summed E-state index contributed by atoms with van der Waals surface area (Å²) >= 11 is 0. The molecule has 4 atom stereocenters. The highest BCUT2D eigenvalue weighted by Gasteiger charge is 2.43. The quantitative estimate of drug-likeness (QED) is 0.649. The molecule has 1 aliphatic heterocycles. The van der Waals surface area contributed by atoms with Crippen LogP contribution in [-0.2, 0) is 33.8 Å². The zero-order chi connectivity index (χ0) is 20.2. The Morgan fingerprint density at radius 3 is 2.41 bits per heavy atom. The Bertz CT molecular complexity index is 777. The first-order chi connectivity index (χ1) is 12.6. The summed E-state index contributed by atoms with van der Waals surface area (Å²) in [7, 11) is -3.94. The number of rotatable bonds is 6. The molecular formula is C17H23NO8S. The van der Waals surface area contributed by atoms with E-state index in [1.165, 1.54) is 26.0 Å². The largest absolute Gasteiger partial charge is 0.463 e. The Labute approximate surface area is 157 Å². The average Bonchev–Trinajstić information content (AvgIpc) is 2.55. The van der Waals surface area contributed by atoms with Gasteiger partial charge in [0.2, 0.25) is 10.0 Å². The topological polar surface area (TPSA) is 128 Å². The van der Waals surface area contributed by atoms with Crippen molar-refractivity contribution in [3.8, 4) is 0 Å². The standard InChI is InChI=1S/C17H23NO8S/c1-10-4-6-13(7-5-10)27(22,23)18-14-8-16(21)26-15(9-24-11(2)19)17(14)25-12(3)20/h4-7,14-18,21H,8-9H2,1-3H3/t14-,15+,16?,17+/m0/s1. The fourth-order valence-corrected chi connectivity index (χ4v) is 3.99. The van der Waals surface area contributed by atoms with E-state index < -0.39 is 46.5 Å². The molecule has 1 heterocycles. The van der Waals surface area contributed by atoms with Gasteiger partial charge in [-0.2, -0.15) is 0 Å². The molecular weight excluding hydrogens is 378 g/mol. The first kappa shape index (κ1) is 21.3. The molecule has 9 nitrogen and oxygen atoms in total. The highest BCUT2D eigenvalue weighted by Crippen LogP contribution is 2.24. The number of aliphatic hydroxyl groups is 1. The molecule has 0 aromatic heterocycles. The van der Waals surface area contributed by atoms with Crippen molar-refractivity contribution in [2.24, 2.45) is 0 Å². The number of hydrogen-bond donors (Lipinski definition) is 2. The van der Waals surface area contributed by atoms with Crippen LogP contribution in [0.5, 0.6) is 0 Å². The lowest BCUT2D eigenvalue weighted by atomic mass is 9.99. The maximum Gasteiger partial charge on any atom is 0.303 e. The van der Waals surface area contributed by atoms with Crippen LogP contribution in [0.1, 0.15) is 25.8 Å². The number of sulfonamides is 1. The van der Waals surface area contributed by atoms with E-state index in [0.717, 1.165) is 5.56 Å². The van der Waals surface area contributed by atoms with Gasteiger partial charge in [0.25, 0.3) is 0 Å². The van der Waals surface area contributed by atoms with Crippen LogP contribution in [0.4, 0.5) is 0 Å². The summed E-state index contributed by atoms with van der Waals surface area (Å²) in [5.41, 5.74) is 0.898. The number of nitrogens with one attached hydrogen (secondary N) is 1. The maximum absolute atomic E-state index is 12.7. The predicted octanol–water partition coefficient (Wildman–Crippen LogP) is 0.244. The molecule has 2 rings (SSSR count). The van der Waals surface area contributed by atoms with E-state index in [2.05, 4.69) is 4.72 Å². The van der Waals surface area contributed by atoms with Gasteiger partial charge >= 0.3 is 11.9 Å². The SMILES string of the molecule is CC(=O)OC[C@H]1OC(O)C[C@H](NS(=O)(=O)c2ccc(C)cc2)[C@H]1OC(C)=O. The monoisotopic (exact) mass is 401 g/mol. The van der Waals surface area contributed by atoms with Gasteiger partial charge in [0.15, 0.2) is 6.29 Å². The van der Waals surface area contributed by atoms with Crippen molar-refractivity contribution in [3.05, 3.63) is 29.8 Å². The van der Waals surface area contributed by atoms with Gasteiger partial charge in [-0.1, -0.05) is 17.7 Å².